The predicted octanol–water partition coefficient (Wildman–Crippen LogP) is 2.86. The molecule has 0 aliphatic carbocycles. The van der Waals surface area contributed by atoms with Crippen molar-refractivity contribution in [2.45, 2.75) is 6.04 Å². The zero-order valence-electron chi connectivity index (χ0n) is 11.4. The van der Waals surface area contributed by atoms with Crippen molar-refractivity contribution >= 4 is 22.4 Å². The molecule has 3 aromatic heterocycles. The third-order valence-corrected chi connectivity index (χ3v) is 4.51. The van der Waals surface area contributed by atoms with Gasteiger partial charge < -0.3 is 4.57 Å². The molecule has 4 aromatic rings. The number of aryl methyl sites for hydroxylation is 1. The topological polar surface area (TPSA) is 48.5 Å². The minimum atomic E-state index is 0.131. The van der Waals surface area contributed by atoms with Crippen LogP contribution in [0.2, 0.25) is 0 Å². The number of imidazole rings is 1. The number of aromatic nitrogens is 5. The molecule has 1 atom stereocenters. The molecule has 5 nitrogen and oxygen atoms in total. The molecule has 1 unspecified atom stereocenters. The highest BCUT2D eigenvalue weighted by Crippen LogP contribution is 2.31. The standard InChI is InChI=1S/C15H13N5S/c1-19-13-9-11(4-5-12(13)17-18-19)15(14-3-2-8-21-14)20-7-6-16-10-20/h2-10,15H,1H3. The molecule has 104 valence electrons. The first-order chi connectivity index (χ1) is 10.3. The van der Waals surface area contributed by atoms with E-state index in [1.54, 1.807) is 16.0 Å². The van der Waals surface area contributed by atoms with E-state index in [1.807, 2.05) is 31.8 Å². The molecular weight excluding hydrogens is 282 g/mol. The van der Waals surface area contributed by atoms with E-state index in [0.29, 0.717) is 0 Å². The molecule has 0 N–H and O–H groups in total. The second-order valence-electron chi connectivity index (χ2n) is 4.89. The zero-order valence-corrected chi connectivity index (χ0v) is 12.2. The van der Waals surface area contributed by atoms with Gasteiger partial charge in [0.1, 0.15) is 5.52 Å². The van der Waals surface area contributed by atoms with Crippen LogP contribution in [-0.4, -0.2) is 24.5 Å². The van der Waals surface area contributed by atoms with E-state index < -0.39 is 0 Å². The molecule has 0 bridgehead atoms. The lowest BCUT2D eigenvalue weighted by Gasteiger charge is -2.17. The van der Waals surface area contributed by atoms with Gasteiger partial charge >= 0.3 is 0 Å². The van der Waals surface area contributed by atoms with Gasteiger partial charge in [-0.25, -0.2) is 9.67 Å². The minimum absolute atomic E-state index is 0.131. The van der Waals surface area contributed by atoms with E-state index in [0.717, 1.165) is 11.0 Å². The summed E-state index contributed by atoms with van der Waals surface area (Å²) in [7, 11) is 1.91. The second kappa shape index (κ2) is 4.82. The van der Waals surface area contributed by atoms with Crippen molar-refractivity contribution in [2.75, 3.05) is 0 Å². The maximum atomic E-state index is 4.19. The average Bonchev–Trinajstić information content (AvgIpc) is 3.23. The van der Waals surface area contributed by atoms with Crippen molar-refractivity contribution < 1.29 is 0 Å². The largest absolute Gasteiger partial charge is 0.325 e. The van der Waals surface area contributed by atoms with Gasteiger partial charge in [-0.2, -0.15) is 0 Å². The van der Waals surface area contributed by atoms with Crippen LogP contribution in [-0.2, 0) is 7.05 Å². The molecule has 4 rings (SSSR count). The van der Waals surface area contributed by atoms with Crippen molar-refractivity contribution in [2.24, 2.45) is 7.05 Å². The van der Waals surface area contributed by atoms with Crippen LogP contribution < -0.4 is 0 Å². The van der Waals surface area contributed by atoms with E-state index in [9.17, 15) is 0 Å². The summed E-state index contributed by atoms with van der Waals surface area (Å²) in [6.07, 6.45) is 5.66. The van der Waals surface area contributed by atoms with Gasteiger partial charge in [0.2, 0.25) is 0 Å². The number of fused-ring (bicyclic) bond motifs is 1. The van der Waals surface area contributed by atoms with Crippen LogP contribution in [0.5, 0.6) is 0 Å². The number of rotatable bonds is 3. The number of benzene rings is 1. The SMILES string of the molecule is Cn1nnc2ccc(C(c3cccs3)n3ccnc3)cc21. The second-order valence-corrected chi connectivity index (χ2v) is 5.87. The third kappa shape index (κ3) is 2.04. The maximum Gasteiger partial charge on any atom is 0.113 e. The Morgan fingerprint density at radius 2 is 2.19 bits per heavy atom. The molecule has 0 radical (unpaired) electrons. The van der Waals surface area contributed by atoms with E-state index in [1.165, 1.54) is 10.4 Å². The molecule has 0 saturated carbocycles. The van der Waals surface area contributed by atoms with E-state index >= 15 is 0 Å². The van der Waals surface area contributed by atoms with Gasteiger partial charge in [0.05, 0.1) is 17.9 Å². The highest BCUT2D eigenvalue weighted by molar-refractivity contribution is 7.10. The normalized spacial score (nSPS) is 12.8. The van der Waals surface area contributed by atoms with E-state index in [-0.39, 0.29) is 6.04 Å². The van der Waals surface area contributed by atoms with E-state index in [4.69, 9.17) is 0 Å². The molecule has 0 aliphatic heterocycles. The Bertz CT molecular complexity index is 827. The lowest BCUT2D eigenvalue weighted by Crippen LogP contribution is -2.09. The summed E-state index contributed by atoms with van der Waals surface area (Å²) in [5, 5.41) is 10.3. The molecular formula is C15H13N5S. The molecule has 0 amide bonds. The average molecular weight is 295 g/mol. The van der Waals surface area contributed by atoms with Gasteiger partial charge in [-0.05, 0) is 29.1 Å². The molecule has 3 heterocycles. The van der Waals surface area contributed by atoms with Gasteiger partial charge in [-0.3, -0.25) is 0 Å². The fourth-order valence-corrected chi connectivity index (χ4v) is 3.43. The Morgan fingerprint density at radius 3 is 2.95 bits per heavy atom. The third-order valence-electron chi connectivity index (χ3n) is 3.59. The summed E-state index contributed by atoms with van der Waals surface area (Å²) < 4.78 is 3.93. The van der Waals surface area contributed by atoms with Gasteiger partial charge in [0, 0.05) is 24.3 Å². The first kappa shape index (κ1) is 12.3. The summed E-state index contributed by atoms with van der Waals surface area (Å²) in [5.74, 6) is 0. The first-order valence-electron chi connectivity index (χ1n) is 6.63. The van der Waals surface area contributed by atoms with Crippen molar-refractivity contribution in [3.63, 3.8) is 0 Å². The minimum Gasteiger partial charge on any atom is -0.325 e. The molecule has 6 heteroatoms. The van der Waals surface area contributed by atoms with Crippen molar-refractivity contribution in [1.29, 1.82) is 0 Å². The molecule has 0 spiro atoms. The van der Waals surface area contributed by atoms with Crippen LogP contribution in [0.15, 0.2) is 54.4 Å². The van der Waals surface area contributed by atoms with Crippen LogP contribution in [0, 0.1) is 0 Å². The lowest BCUT2D eigenvalue weighted by atomic mass is 10.0. The lowest BCUT2D eigenvalue weighted by molar-refractivity contribution is 0.687. The maximum absolute atomic E-state index is 4.19. The Labute approximate surface area is 125 Å². The van der Waals surface area contributed by atoms with Crippen molar-refractivity contribution in [3.8, 4) is 0 Å². The summed E-state index contributed by atoms with van der Waals surface area (Å²) in [6, 6.07) is 10.7. The number of hydrogen-bond donors (Lipinski definition) is 0. The molecule has 21 heavy (non-hydrogen) atoms. The number of thiophene rings is 1. The monoisotopic (exact) mass is 295 g/mol. The highest BCUT2D eigenvalue weighted by atomic mass is 32.1. The van der Waals surface area contributed by atoms with Crippen LogP contribution >= 0.6 is 11.3 Å². The summed E-state index contributed by atoms with van der Waals surface area (Å²) >= 11 is 1.75. The summed E-state index contributed by atoms with van der Waals surface area (Å²) in [6.45, 7) is 0. The van der Waals surface area contributed by atoms with Crippen LogP contribution in [0.3, 0.4) is 0 Å². The predicted molar refractivity (Wildman–Crippen MR) is 82.3 cm³/mol. The first-order valence-corrected chi connectivity index (χ1v) is 7.51. The fraction of sp³-hybridized carbons (Fsp3) is 0.133. The highest BCUT2D eigenvalue weighted by Gasteiger charge is 2.18. The Balaban J connectivity index is 1.91. The van der Waals surface area contributed by atoms with Crippen molar-refractivity contribution in [1.82, 2.24) is 24.5 Å². The molecule has 0 fully saturated rings. The Hall–Kier alpha value is -2.47. The molecule has 0 aliphatic rings. The fourth-order valence-electron chi connectivity index (χ4n) is 2.57. The smallest absolute Gasteiger partial charge is 0.113 e. The summed E-state index contributed by atoms with van der Waals surface area (Å²) in [4.78, 5) is 5.47. The number of hydrogen-bond acceptors (Lipinski definition) is 4. The van der Waals surface area contributed by atoms with Crippen LogP contribution in [0.25, 0.3) is 11.0 Å². The van der Waals surface area contributed by atoms with Crippen LogP contribution in [0.1, 0.15) is 16.5 Å². The van der Waals surface area contributed by atoms with Gasteiger partial charge in [-0.15, -0.1) is 16.4 Å². The molecule has 0 saturated heterocycles. The van der Waals surface area contributed by atoms with Gasteiger partial charge in [0.25, 0.3) is 0 Å². The summed E-state index contributed by atoms with van der Waals surface area (Å²) in [5.41, 5.74) is 3.15. The van der Waals surface area contributed by atoms with Gasteiger partial charge in [0.15, 0.2) is 0 Å². The Kier molecular flexibility index (Phi) is 2.82. The zero-order chi connectivity index (χ0) is 14.2. The van der Waals surface area contributed by atoms with Crippen molar-refractivity contribution in [3.05, 3.63) is 64.9 Å². The van der Waals surface area contributed by atoms with Crippen LogP contribution in [0.4, 0.5) is 0 Å². The van der Waals surface area contributed by atoms with E-state index in [2.05, 4.69) is 49.5 Å². The molecule has 1 aromatic carbocycles. The van der Waals surface area contributed by atoms with Gasteiger partial charge in [-0.1, -0.05) is 17.3 Å². The quantitative estimate of drug-likeness (QED) is 0.584. The Morgan fingerprint density at radius 1 is 1.24 bits per heavy atom. The number of nitrogens with zero attached hydrogens (tertiary/aromatic N) is 5.